The van der Waals surface area contributed by atoms with Crippen molar-refractivity contribution in [1.29, 1.82) is 0 Å². The lowest BCUT2D eigenvalue weighted by atomic mass is 10.2. The van der Waals surface area contributed by atoms with Crippen LogP contribution in [-0.2, 0) is 13.6 Å². The van der Waals surface area contributed by atoms with E-state index in [0.717, 1.165) is 0 Å². The molecule has 0 N–H and O–H groups in total. The Bertz CT molecular complexity index is 569. The van der Waals surface area contributed by atoms with Gasteiger partial charge in [-0.3, -0.25) is 19.2 Å². The van der Waals surface area contributed by atoms with E-state index >= 15 is 0 Å². The third kappa shape index (κ3) is 5.97. The summed E-state index contributed by atoms with van der Waals surface area (Å²) in [5.74, 6) is 0.509. The highest BCUT2D eigenvalue weighted by molar-refractivity contribution is 7.53. The molecule has 1 aromatic rings. The van der Waals surface area contributed by atoms with E-state index in [1.165, 1.54) is 13.0 Å². The van der Waals surface area contributed by atoms with Gasteiger partial charge in [0, 0.05) is 19.2 Å². The Morgan fingerprint density at radius 1 is 1.27 bits per heavy atom. The molecule has 0 aromatic heterocycles. The van der Waals surface area contributed by atoms with E-state index in [-0.39, 0.29) is 18.7 Å². The maximum absolute atomic E-state index is 12.0. The van der Waals surface area contributed by atoms with Crippen molar-refractivity contribution in [1.82, 2.24) is 0 Å². The lowest BCUT2D eigenvalue weighted by molar-refractivity contribution is -0.422. The van der Waals surface area contributed by atoms with Gasteiger partial charge in [0.1, 0.15) is 5.75 Å². The van der Waals surface area contributed by atoms with Crippen molar-refractivity contribution in [2.75, 3.05) is 19.6 Å². The molecular weight excluding hydrogens is 309 g/mol. The molecule has 8 heteroatoms. The van der Waals surface area contributed by atoms with Crippen LogP contribution in [0.15, 0.2) is 30.0 Å². The van der Waals surface area contributed by atoms with E-state index in [9.17, 15) is 14.7 Å². The molecular formula is C14H20NO6P. The average molecular weight is 329 g/mol. The fraction of sp³-hybridized carbons (Fsp3) is 0.429. The Labute approximate surface area is 129 Å². The van der Waals surface area contributed by atoms with Gasteiger partial charge in [0.25, 0.3) is 0 Å². The minimum Gasteiger partial charge on any atom is -0.467 e. The summed E-state index contributed by atoms with van der Waals surface area (Å²) in [6, 6.07) is 6.68. The van der Waals surface area contributed by atoms with Gasteiger partial charge >= 0.3 is 7.60 Å². The maximum Gasteiger partial charge on any atom is 0.333 e. The van der Waals surface area contributed by atoms with E-state index in [2.05, 4.69) is 0 Å². The first-order valence-corrected chi connectivity index (χ1v) is 8.56. The zero-order chi connectivity index (χ0) is 16.6. The SMILES string of the molecule is CCOP(=O)(CC)OCOc1ccc(C=C(C)[N+](=O)[O-])cc1. The topological polar surface area (TPSA) is 87.9 Å². The molecule has 0 amide bonds. The van der Waals surface area contributed by atoms with Crippen LogP contribution in [0.25, 0.3) is 6.08 Å². The first kappa shape index (κ1) is 18.4. The summed E-state index contributed by atoms with van der Waals surface area (Å²) in [7, 11) is -3.09. The molecule has 1 unspecified atom stereocenters. The van der Waals surface area contributed by atoms with Gasteiger partial charge in [0.15, 0.2) is 6.79 Å². The fourth-order valence-electron chi connectivity index (χ4n) is 1.55. The lowest BCUT2D eigenvalue weighted by Gasteiger charge is -2.16. The second-order valence-electron chi connectivity index (χ2n) is 4.35. The number of nitro groups is 1. The van der Waals surface area contributed by atoms with E-state index < -0.39 is 12.5 Å². The van der Waals surface area contributed by atoms with Crippen molar-refractivity contribution < 1.29 is 23.3 Å². The van der Waals surface area contributed by atoms with Crippen LogP contribution in [0.1, 0.15) is 26.3 Å². The van der Waals surface area contributed by atoms with Crippen molar-refractivity contribution in [2.45, 2.75) is 20.8 Å². The number of allylic oxidation sites excluding steroid dienone is 1. The predicted octanol–water partition coefficient (Wildman–Crippen LogP) is 3.93. The predicted molar refractivity (Wildman–Crippen MR) is 83.4 cm³/mol. The van der Waals surface area contributed by atoms with Crippen LogP contribution in [-0.4, -0.2) is 24.5 Å². The quantitative estimate of drug-likeness (QED) is 0.295. The highest BCUT2D eigenvalue weighted by Crippen LogP contribution is 2.47. The molecule has 0 fully saturated rings. The molecule has 122 valence electrons. The van der Waals surface area contributed by atoms with E-state index in [4.69, 9.17) is 13.8 Å². The van der Waals surface area contributed by atoms with E-state index in [1.54, 1.807) is 38.1 Å². The number of nitrogens with zero attached hydrogens (tertiary/aromatic N) is 1. The standard InChI is InChI=1S/C14H20NO6P/c1-4-20-22(18,5-2)21-11-19-14-8-6-13(7-9-14)10-12(3)15(16)17/h6-10H,4-5,11H2,1-3H3. The Kier molecular flexibility index (Phi) is 7.24. The van der Waals surface area contributed by atoms with Gasteiger partial charge in [0.05, 0.1) is 11.5 Å². The highest BCUT2D eigenvalue weighted by atomic mass is 31.2. The third-order valence-corrected chi connectivity index (χ3v) is 4.66. The molecule has 1 aromatic carbocycles. The first-order chi connectivity index (χ1) is 10.4. The Balaban J connectivity index is 2.57. The molecule has 0 saturated carbocycles. The van der Waals surface area contributed by atoms with Gasteiger partial charge in [-0.2, -0.15) is 0 Å². The number of rotatable bonds is 9. The second kappa shape index (κ2) is 8.68. The van der Waals surface area contributed by atoms with Gasteiger partial charge in [-0.1, -0.05) is 19.1 Å². The van der Waals surface area contributed by atoms with E-state index in [0.29, 0.717) is 17.9 Å². The number of ether oxygens (including phenoxy) is 1. The minimum atomic E-state index is -3.09. The molecule has 0 aliphatic carbocycles. The molecule has 0 heterocycles. The van der Waals surface area contributed by atoms with Crippen molar-refractivity contribution in [3.8, 4) is 5.75 Å². The molecule has 0 spiro atoms. The summed E-state index contributed by atoms with van der Waals surface area (Å²) in [6.07, 6.45) is 1.73. The van der Waals surface area contributed by atoms with Crippen molar-refractivity contribution in [3.05, 3.63) is 45.6 Å². The Morgan fingerprint density at radius 3 is 2.41 bits per heavy atom. The van der Waals surface area contributed by atoms with Crippen LogP contribution in [0.5, 0.6) is 5.75 Å². The van der Waals surface area contributed by atoms with E-state index in [1.807, 2.05) is 0 Å². The molecule has 0 radical (unpaired) electrons. The number of hydrogen-bond donors (Lipinski definition) is 0. The summed E-state index contributed by atoms with van der Waals surface area (Å²) >= 11 is 0. The van der Waals surface area contributed by atoms with Gasteiger partial charge in [-0.05, 0) is 24.6 Å². The second-order valence-corrected chi connectivity index (χ2v) is 6.72. The third-order valence-electron chi connectivity index (χ3n) is 2.73. The van der Waals surface area contributed by atoms with Crippen LogP contribution >= 0.6 is 7.60 Å². The minimum absolute atomic E-state index is 0.0533. The fourth-order valence-corrected chi connectivity index (χ4v) is 2.59. The normalized spacial score (nSPS) is 14.4. The van der Waals surface area contributed by atoms with Gasteiger partial charge in [-0.25, -0.2) is 0 Å². The average Bonchev–Trinajstić information content (AvgIpc) is 2.49. The van der Waals surface area contributed by atoms with Crippen LogP contribution < -0.4 is 4.74 Å². The zero-order valence-electron chi connectivity index (χ0n) is 12.9. The lowest BCUT2D eigenvalue weighted by Crippen LogP contribution is -2.05. The molecule has 0 aliphatic heterocycles. The molecule has 0 aliphatic rings. The summed E-state index contributed by atoms with van der Waals surface area (Å²) < 4.78 is 27.6. The molecule has 22 heavy (non-hydrogen) atoms. The molecule has 1 rings (SSSR count). The largest absolute Gasteiger partial charge is 0.467 e. The number of benzene rings is 1. The maximum atomic E-state index is 12.0. The van der Waals surface area contributed by atoms with Crippen molar-refractivity contribution in [3.63, 3.8) is 0 Å². The zero-order valence-corrected chi connectivity index (χ0v) is 13.7. The molecule has 7 nitrogen and oxygen atoms in total. The Morgan fingerprint density at radius 2 is 1.91 bits per heavy atom. The highest BCUT2D eigenvalue weighted by Gasteiger charge is 2.21. The van der Waals surface area contributed by atoms with Crippen LogP contribution in [0, 0.1) is 10.1 Å². The van der Waals surface area contributed by atoms with Crippen LogP contribution in [0.3, 0.4) is 0 Å². The van der Waals surface area contributed by atoms with Gasteiger partial charge in [0.2, 0.25) is 5.70 Å². The summed E-state index contributed by atoms with van der Waals surface area (Å²) in [6.45, 7) is 5.01. The molecule has 1 atom stereocenters. The summed E-state index contributed by atoms with van der Waals surface area (Å²) in [4.78, 5) is 10.1. The summed E-state index contributed by atoms with van der Waals surface area (Å²) in [5.41, 5.74) is 0.744. The monoisotopic (exact) mass is 329 g/mol. The van der Waals surface area contributed by atoms with Crippen LogP contribution in [0.2, 0.25) is 0 Å². The Hall–Kier alpha value is -1.69. The van der Waals surface area contributed by atoms with Crippen molar-refractivity contribution >= 4 is 13.7 Å². The van der Waals surface area contributed by atoms with Crippen LogP contribution in [0.4, 0.5) is 0 Å². The van der Waals surface area contributed by atoms with Gasteiger partial charge < -0.3 is 9.26 Å². The van der Waals surface area contributed by atoms with Gasteiger partial charge in [-0.15, -0.1) is 0 Å². The molecule has 0 saturated heterocycles. The number of hydrogen-bond acceptors (Lipinski definition) is 6. The smallest absolute Gasteiger partial charge is 0.333 e. The first-order valence-electron chi connectivity index (χ1n) is 6.84. The summed E-state index contributed by atoms with van der Waals surface area (Å²) in [5, 5.41) is 10.5. The molecule has 0 bridgehead atoms. The van der Waals surface area contributed by atoms with Crippen molar-refractivity contribution in [2.24, 2.45) is 0 Å².